The highest BCUT2D eigenvalue weighted by Gasteiger charge is 2.42. The molecule has 0 amide bonds. The van der Waals surface area contributed by atoms with Crippen molar-refractivity contribution in [2.24, 2.45) is 22.2 Å². The summed E-state index contributed by atoms with van der Waals surface area (Å²) in [7, 11) is 1.78. The third-order valence-corrected chi connectivity index (χ3v) is 10.3. The Morgan fingerprint density at radius 1 is 1.17 bits per heavy atom. The zero-order valence-electron chi connectivity index (χ0n) is 25.8. The highest BCUT2D eigenvalue weighted by atomic mass is 79.9. The molecule has 3 fully saturated rings. The molecule has 1 unspecified atom stereocenters. The molecular weight excluding hydrogens is 594 g/mol. The van der Waals surface area contributed by atoms with Gasteiger partial charge in [-0.3, -0.25) is 9.89 Å². The van der Waals surface area contributed by atoms with Crippen LogP contribution in [0.1, 0.15) is 64.1 Å². The number of aromatic nitrogens is 1. The molecule has 1 saturated carbocycles. The monoisotopic (exact) mass is 641 g/mol. The van der Waals surface area contributed by atoms with Gasteiger partial charge in [0, 0.05) is 85.7 Å². The van der Waals surface area contributed by atoms with Crippen LogP contribution in [0.4, 0.5) is 0 Å². The Balaban J connectivity index is 1.42. The third kappa shape index (κ3) is 6.45. The van der Waals surface area contributed by atoms with Gasteiger partial charge in [0.25, 0.3) is 0 Å². The van der Waals surface area contributed by atoms with Gasteiger partial charge in [0.2, 0.25) is 0 Å². The number of hydrogen-bond donors (Lipinski definition) is 1. The number of fused-ring (bicyclic) bond motifs is 1. The summed E-state index contributed by atoms with van der Waals surface area (Å²) in [5.74, 6) is 1.06. The first-order valence-corrected chi connectivity index (χ1v) is 16.7. The highest BCUT2D eigenvalue weighted by Crippen LogP contribution is 2.45. The maximum Gasteiger partial charge on any atom is 0.0966 e. The standard InChI is InChI=1S/C34H48BrN3O4/c1-22(40-4)32-29(15-23(18-36-32)24-19-37(20-24)26-6-7-26)33-30(17-34(2,3)21-39)28-16-25(35)5-8-31(28)38(33)11-14-42-27-9-12-41-13-10-27/h5,8,16,18,22-24,26-27,39H,6-7,9-15,17,19-21H2,1-4H3/t22-,23?/m0/s1. The van der Waals surface area contributed by atoms with Crippen LogP contribution in [0.5, 0.6) is 0 Å². The second-order valence-electron chi connectivity index (χ2n) is 13.7. The smallest absolute Gasteiger partial charge is 0.0966 e. The summed E-state index contributed by atoms with van der Waals surface area (Å²) in [6.45, 7) is 11.9. The van der Waals surface area contributed by atoms with Gasteiger partial charge in [-0.1, -0.05) is 29.8 Å². The average Bonchev–Trinajstić information content (AvgIpc) is 3.76. The quantitative estimate of drug-likeness (QED) is 0.304. The first-order chi connectivity index (χ1) is 20.3. The normalized spacial score (nSPS) is 23.6. The highest BCUT2D eigenvalue weighted by molar-refractivity contribution is 9.10. The molecule has 1 aromatic carbocycles. The first-order valence-electron chi connectivity index (χ1n) is 15.9. The maximum atomic E-state index is 10.4. The molecule has 6 rings (SSSR count). The van der Waals surface area contributed by atoms with Crippen molar-refractivity contribution in [3.63, 3.8) is 0 Å². The molecule has 0 radical (unpaired) electrons. The molecule has 0 spiro atoms. The number of nitrogens with zero attached hydrogens (tertiary/aromatic N) is 3. The van der Waals surface area contributed by atoms with E-state index in [1.807, 2.05) is 0 Å². The number of aliphatic hydroxyl groups is 1. The lowest BCUT2D eigenvalue weighted by Gasteiger charge is -2.44. The van der Waals surface area contributed by atoms with Crippen LogP contribution in [0.2, 0.25) is 0 Å². The largest absolute Gasteiger partial charge is 0.396 e. The number of allylic oxidation sites excluding steroid dienone is 1. The van der Waals surface area contributed by atoms with Crippen molar-refractivity contribution in [3.8, 4) is 0 Å². The van der Waals surface area contributed by atoms with Crippen LogP contribution in [0.25, 0.3) is 16.5 Å². The van der Waals surface area contributed by atoms with E-state index < -0.39 is 0 Å². The van der Waals surface area contributed by atoms with Gasteiger partial charge >= 0.3 is 0 Å². The minimum absolute atomic E-state index is 0.114. The Morgan fingerprint density at radius 2 is 1.93 bits per heavy atom. The summed E-state index contributed by atoms with van der Waals surface area (Å²) in [5, 5.41) is 11.6. The van der Waals surface area contributed by atoms with Gasteiger partial charge in [-0.05, 0) is 80.5 Å². The summed E-state index contributed by atoms with van der Waals surface area (Å²) in [6, 6.07) is 7.44. The Kier molecular flexibility index (Phi) is 9.30. The topological polar surface area (TPSA) is 68.5 Å². The summed E-state index contributed by atoms with van der Waals surface area (Å²) >= 11 is 3.76. The molecule has 230 valence electrons. The van der Waals surface area contributed by atoms with Gasteiger partial charge in [-0.2, -0.15) is 0 Å². The molecule has 3 aliphatic heterocycles. The predicted octanol–water partition coefficient (Wildman–Crippen LogP) is 6.09. The Hall–Kier alpha value is -1.55. The van der Waals surface area contributed by atoms with Crippen LogP contribution in [-0.2, 0) is 27.2 Å². The van der Waals surface area contributed by atoms with Gasteiger partial charge < -0.3 is 23.9 Å². The zero-order chi connectivity index (χ0) is 29.4. The lowest BCUT2D eigenvalue weighted by Crippen LogP contribution is -2.51. The number of methoxy groups -OCH3 is 1. The maximum absolute atomic E-state index is 10.4. The van der Waals surface area contributed by atoms with Crippen molar-refractivity contribution < 1.29 is 19.3 Å². The number of halogens is 1. The van der Waals surface area contributed by atoms with Crippen molar-refractivity contribution in [3.05, 3.63) is 39.6 Å². The molecule has 1 N–H and O–H groups in total. The van der Waals surface area contributed by atoms with Crippen molar-refractivity contribution in [2.45, 2.75) is 84.1 Å². The van der Waals surface area contributed by atoms with E-state index in [0.29, 0.717) is 18.4 Å². The number of aliphatic imine (C=N–C) groups is 1. The van der Waals surface area contributed by atoms with Crippen LogP contribution >= 0.6 is 15.9 Å². The number of hydrogen-bond acceptors (Lipinski definition) is 6. The van der Waals surface area contributed by atoms with E-state index in [4.69, 9.17) is 19.2 Å². The van der Waals surface area contributed by atoms with Crippen LogP contribution in [-0.4, -0.2) is 85.7 Å². The third-order valence-electron chi connectivity index (χ3n) is 9.84. The summed E-state index contributed by atoms with van der Waals surface area (Å²) < 4.78 is 21.5. The molecule has 4 heterocycles. The summed E-state index contributed by atoms with van der Waals surface area (Å²) in [4.78, 5) is 7.82. The van der Waals surface area contributed by atoms with Crippen LogP contribution < -0.4 is 0 Å². The number of benzene rings is 1. The number of ether oxygens (including phenoxy) is 3. The number of likely N-dealkylation sites (tertiary alicyclic amines) is 1. The van der Waals surface area contributed by atoms with Crippen LogP contribution in [0.3, 0.4) is 0 Å². The second-order valence-corrected chi connectivity index (χ2v) is 14.6. The van der Waals surface area contributed by atoms with Gasteiger partial charge in [-0.25, -0.2) is 0 Å². The molecule has 7 nitrogen and oxygen atoms in total. The molecule has 2 saturated heterocycles. The fourth-order valence-electron chi connectivity index (χ4n) is 7.01. The van der Waals surface area contributed by atoms with E-state index in [9.17, 15) is 5.11 Å². The predicted molar refractivity (Wildman–Crippen MR) is 172 cm³/mol. The molecule has 1 aliphatic carbocycles. The fraction of sp³-hybridized carbons (Fsp3) is 0.676. The Morgan fingerprint density at radius 3 is 2.62 bits per heavy atom. The number of aliphatic hydroxyl groups excluding tert-OH is 1. The first kappa shape index (κ1) is 30.5. The van der Waals surface area contributed by atoms with E-state index >= 15 is 0 Å². The van der Waals surface area contributed by atoms with Gasteiger partial charge in [0.15, 0.2) is 0 Å². The lowest BCUT2D eigenvalue weighted by molar-refractivity contribution is -0.0337. The second kappa shape index (κ2) is 12.8. The van der Waals surface area contributed by atoms with Crippen LogP contribution in [0.15, 0.2) is 33.4 Å². The lowest BCUT2D eigenvalue weighted by atomic mass is 9.78. The summed E-state index contributed by atoms with van der Waals surface area (Å²) in [6.07, 6.45) is 8.73. The van der Waals surface area contributed by atoms with E-state index in [1.165, 1.54) is 53.7 Å². The van der Waals surface area contributed by atoms with Crippen molar-refractivity contribution in [2.75, 3.05) is 46.6 Å². The molecule has 2 aromatic rings. The van der Waals surface area contributed by atoms with Crippen LogP contribution in [0, 0.1) is 17.3 Å². The fourth-order valence-corrected chi connectivity index (χ4v) is 7.37. The molecule has 4 aliphatic rings. The average molecular weight is 643 g/mol. The van der Waals surface area contributed by atoms with E-state index in [0.717, 1.165) is 61.7 Å². The van der Waals surface area contributed by atoms with Gasteiger partial charge in [0.05, 0.1) is 30.2 Å². The van der Waals surface area contributed by atoms with E-state index in [2.05, 4.69) is 70.6 Å². The van der Waals surface area contributed by atoms with E-state index in [1.54, 1.807) is 7.11 Å². The minimum Gasteiger partial charge on any atom is -0.396 e. The molecular formula is C34H48BrN3O4. The van der Waals surface area contributed by atoms with Gasteiger partial charge in [-0.15, -0.1) is 0 Å². The molecule has 1 aromatic heterocycles. The van der Waals surface area contributed by atoms with Crippen molar-refractivity contribution in [1.29, 1.82) is 0 Å². The molecule has 2 atom stereocenters. The Bertz CT molecular complexity index is 1320. The van der Waals surface area contributed by atoms with E-state index in [-0.39, 0.29) is 24.2 Å². The van der Waals surface area contributed by atoms with Crippen molar-refractivity contribution in [1.82, 2.24) is 9.47 Å². The molecule has 42 heavy (non-hydrogen) atoms. The Labute approximate surface area is 259 Å². The van der Waals surface area contributed by atoms with Gasteiger partial charge in [0.1, 0.15) is 0 Å². The molecule has 0 bridgehead atoms. The number of rotatable bonds is 12. The zero-order valence-corrected chi connectivity index (χ0v) is 27.4. The molecule has 8 heteroatoms. The summed E-state index contributed by atoms with van der Waals surface area (Å²) in [5.41, 5.74) is 5.81. The SMILES string of the molecule is CO[C@@H](C)C1=C(c2c(CC(C)(C)CO)c3cc(Br)ccc3n2CCOC2CCOCC2)CC(C2CN(C3CC3)C2)C=N1. The minimum atomic E-state index is -0.265. The van der Waals surface area contributed by atoms with Crippen molar-refractivity contribution >= 4 is 38.6 Å².